The zero-order valence-electron chi connectivity index (χ0n) is 16.5. The van der Waals surface area contributed by atoms with Crippen LogP contribution >= 0.6 is 0 Å². The summed E-state index contributed by atoms with van der Waals surface area (Å²) in [5, 5.41) is 0. The summed E-state index contributed by atoms with van der Waals surface area (Å²) >= 11 is 0. The quantitative estimate of drug-likeness (QED) is 0.762. The predicted molar refractivity (Wildman–Crippen MR) is 111 cm³/mol. The van der Waals surface area contributed by atoms with Crippen molar-refractivity contribution in [2.24, 2.45) is 0 Å². The molecule has 0 aromatic heterocycles. The zero-order valence-corrected chi connectivity index (χ0v) is 17.3. The van der Waals surface area contributed by atoms with Gasteiger partial charge < -0.3 is 0 Å². The molecule has 2 unspecified atom stereocenters. The molecule has 1 fully saturated rings. The van der Waals surface area contributed by atoms with E-state index in [4.69, 9.17) is 0 Å². The molecule has 2 atom stereocenters. The Morgan fingerprint density at radius 3 is 2.11 bits per heavy atom. The number of benzene rings is 2. The number of hydrogen-bond donors (Lipinski definition) is 0. The van der Waals surface area contributed by atoms with Crippen LogP contribution < -0.4 is 0 Å². The van der Waals surface area contributed by atoms with Gasteiger partial charge in [-0.1, -0.05) is 60.7 Å². The molecule has 1 aliphatic rings. The highest BCUT2D eigenvalue weighted by Crippen LogP contribution is 2.36. The van der Waals surface area contributed by atoms with Gasteiger partial charge in [0.15, 0.2) is 0 Å². The molecule has 27 heavy (non-hydrogen) atoms. The highest BCUT2D eigenvalue weighted by molar-refractivity contribution is 7.88. The fraction of sp³-hybridized carbons (Fsp3) is 0.455. The first-order valence-electron chi connectivity index (χ1n) is 9.56. The molecule has 146 valence electrons. The van der Waals surface area contributed by atoms with E-state index in [1.165, 1.54) is 17.4 Å². The molecule has 3 rings (SSSR count). The van der Waals surface area contributed by atoms with E-state index in [2.05, 4.69) is 48.2 Å². The van der Waals surface area contributed by atoms with Crippen LogP contribution in [0.5, 0.6) is 0 Å². The second kappa shape index (κ2) is 8.13. The van der Waals surface area contributed by atoms with Crippen molar-refractivity contribution >= 4 is 10.0 Å². The van der Waals surface area contributed by atoms with Gasteiger partial charge in [0.05, 0.1) is 6.26 Å². The Balaban J connectivity index is 1.82. The first kappa shape index (κ1) is 20.1. The summed E-state index contributed by atoms with van der Waals surface area (Å²) in [6.45, 7) is 4.02. The Hall–Kier alpha value is -1.69. The summed E-state index contributed by atoms with van der Waals surface area (Å²) in [5.41, 5.74) is 2.12. The van der Waals surface area contributed by atoms with E-state index in [0.29, 0.717) is 6.04 Å². The summed E-state index contributed by atoms with van der Waals surface area (Å²) in [4.78, 5) is 2.47. The Morgan fingerprint density at radius 1 is 1.04 bits per heavy atom. The molecule has 4 nitrogen and oxygen atoms in total. The van der Waals surface area contributed by atoms with Gasteiger partial charge in [-0.3, -0.25) is 4.90 Å². The highest BCUT2D eigenvalue weighted by Gasteiger charge is 2.44. The summed E-state index contributed by atoms with van der Waals surface area (Å²) in [6, 6.07) is 21.0. The molecule has 2 aromatic carbocycles. The van der Waals surface area contributed by atoms with Gasteiger partial charge in [0.1, 0.15) is 0 Å². The van der Waals surface area contributed by atoms with Gasteiger partial charge in [-0.25, -0.2) is 8.42 Å². The molecule has 0 radical (unpaired) electrons. The lowest BCUT2D eigenvalue weighted by Crippen LogP contribution is -2.59. The van der Waals surface area contributed by atoms with Gasteiger partial charge in [0.25, 0.3) is 0 Å². The maximum absolute atomic E-state index is 12.4. The fourth-order valence-electron chi connectivity index (χ4n) is 4.29. The second-order valence-corrected chi connectivity index (χ2v) is 9.89. The first-order chi connectivity index (χ1) is 12.8. The molecule has 5 heteroatoms. The van der Waals surface area contributed by atoms with Crippen LogP contribution in [0, 0.1) is 0 Å². The SMILES string of the molecule is CC1CC(Cc2ccccc2)(N(C)S(C)(=O)=O)CCN1Cc1ccccc1. The minimum absolute atomic E-state index is 0.312. The van der Waals surface area contributed by atoms with Gasteiger partial charge in [-0.05, 0) is 37.3 Å². The van der Waals surface area contributed by atoms with E-state index in [9.17, 15) is 8.42 Å². The first-order valence-corrected chi connectivity index (χ1v) is 11.4. The van der Waals surface area contributed by atoms with E-state index in [0.717, 1.165) is 32.4 Å². The highest BCUT2D eigenvalue weighted by atomic mass is 32.2. The van der Waals surface area contributed by atoms with Gasteiger partial charge in [-0.2, -0.15) is 4.31 Å². The van der Waals surface area contributed by atoms with Crippen molar-refractivity contribution in [3.05, 3.63) is 71.8 Å². The number of piperidine rings is 1. The predicted octanol–water partition coefficient (Wildman–Crippen LogP) is 3.54. The van der Waals surface area contributed by atoms with Gasteiger partial charge in [0.2, 0.25) is 10.0 Å². The van der Waals surface area contributed by atoms with Crippen LogP contribution in [0.2, 0.25) is 0 Å². The average Bonchev–Trinajstić information content (AvgIpc) is 2.64. The van der Waals surface area contributed by atoms with Crippen LogP contribution in [-0.2, 0) is 23.0 Å². The van der Waals surface area contributed by atoms with Crippen LogP contribution in [0.25, 0.3) is 0 Å². The summed E-state index contributed by atoms with van der Waals surface area (Å²) in [5.74, 6) is 0. The van der Waals surface area contributed by atoms with Crippen molar-refractivity contribution in [1.29, 1.82) is 0 Å². The standard InChI is InChI=1S/C22H30N2O2S/c1-19-16-22(23(2)27(3,25)26,17-20-10-6-4-7-11-20)14-15-24(19)18-21-12-8-5-9-13-21/h4-13,19H,14-18H2,1-3H3. The van der Waals surface area contributed by atoms with Crippen molar-refractivity contribution in [1.82, 2.24) is 9.21 Å². The van der Waals surface area contributed by atoms with Crippen LogP contribution in [0.3, 0.4) is 0 Å². The monoisotopic (exact) mass is 386 g/mol. The Bertz CT molecular complexity index is 839. The Labute approximate surface area is 163 Å². The van der Waals surface area contributed by atoms with E-state index >= 15 is 0 Å². The molecule has 1 aliphatic heterocycles. The van der Waals surface area contributed by atoms with E-state index < -0.39 is 10.0 Å². The van der Waals surface area contributed by atoms with Gasteiger partial charge >= 0.3 is 0 Å². The summed E-state index contributed by atoms with van der Waals surface area (Å²) in [6.07, 6.45) is 3.74. The third kappa shape index (κ3) is 4.78. The summed E-state index contributed by atoms with van der Waals surface area (Å²) < 4.78 is 26.5. The van der Waals surface area contributed by atoms with E-state index in [1.54, 1.807) is 11.4 Å². The lowest BCUT2D eigenvalue weighted by Gasteiger charge is -2.49. The van der Waals surface area contributed by atoms with E-state index in [1.807, 2.05) is 24.3 Å². The average molecular weight is 387 g/mol. The topological polar surface area (TPSA) is 40.6 Å². The second-order valence-electron chi connectivity index (χ2n) is 7.88. The number of likely N-dealkylation sites (N-methyl/N-ethyl adjacent to an activating group) is 1. The molecular weight excluding hydrogens is 356 g/mol. The maximum atomic E-state index is 12.4. The van der Waals surface area contributed by atoms with Crippen LogP contribution in [0.4, 0.5) is 0 Å². The third-order valence-electron chi connectivity index (χ3n) is 5.93. The molecule has 0 amide bonds. The Kier molecular flexibility index (Phi) is 6.04. The largest absolute Gasteiger partial charge is 0.296 e. The zero-order chi connectivity index (χ0) is 19.5. The number of sulfonamides is 1. The van der Waals surface area contributed by atoms with Crippen LogP contribution in [0.1, 0.15) is 30.9 Å². The molecule has 0 aliphatic carbocycles. The fourth-order valence-corrected chi connectivity index (χ4v) is 5.23. The molecule has 0 bridgehead atoms. The van der Waals surface area contributed by atoms with E-state index in [-0.39, 0.29) is 5.54 Å². The summed E-state index contributed by atoms with van der Waals surface area (Å²) in [7, 11) is -1.52. The molecule has 0 N–H and O–H groups in total. The maximum Gasteiger partial charge on any atom is 0.211 e. The molecule has 2 aromatic rings. The number of likely N-dealkylation sites (tertiary alicyclic amines) is 1. The number of hydrogen-bond acceptors (Lipinski definition) is 3. The minimum atomic E-state index is -3.27. The smallest absolute Gasteiger partial charge is 0.211 e. The number of rotatable bonds is 6. The van der Waals surface area contributed by atoms with Crippen molar-refractivity contribution < 1.29 is 8.42 Å². The molecule has 1 saturated heterocycles. The minimum Gasteiger partial charge on any atom is -0.296 e. The lowest BCUT2D eigenvalue weighted by molar-refractivity contribution is 0.0457. The van der Waals surface area contributed by atoms with Gasteiger partial charge in [-0.15, -0.1) is 0 Å². The molecule has 1 heterocycles. The van der Waals surface area contributed by atoms with Crippen LogP contribution in [-0.4, -0.2) is 49.1 Å². The number of nitrogens with zero attached hydrogens (tertiary/aromatic N) is 2. The van der Waals surface area contributed by atoms with Crippen molar-refractivity contribution in [3.8, 4) is 0 Å². The van der Waals surface area contributed by atoms with Crippen molar-refractivity contribution in [3.63, 3.8) is 0 Å². The normalized spacial score (nSPS) is 24.2. The lowest BCUT2D eigenvalue weighted by atomic mass is 9.79. The van der Waals surface area contributed by atoms with Crippen molar-refractivity contribution in [2.75, 3.05) is 19.8 Å². The molecule has 0 saturated carbocycles. The third-order valence-corrected chi connectivity index (χ3v) is 7.32. The van der Waals surface area contributed by atoms with Gasteiger partial charge in [0, 0.05) is 31.7 Å². The molecule has 0 spiro atoms. The molecular formula is C22H30N2O2S. The Morgan fingerprint density at radius 2 is 1.59 bits per heavy atom. The van der Waals surface area contributed by atoms with Crippen molar-refractivity contribution in [2.45, 2.75) is 44.3 Å². The van der Waals surface area contributed by atoms with Crippen LogP contribution in [0.15, 0.2) is 60.7 Å².